The highest BCUT2D eigenvalue weighted by atomic mass is 32.2. The number of nitrogens with one attached hydrogen (secondary N) is 1. The van der Waals surface area contributed by atoms with E-state index in [9.17, 15) is 9.90 Å². The molecule has 0 bridgehead atoms. The van der Waals surface area contributed by atoms with Crippen LogP contribution < -0.4 is 0 Å². The second-order valence-electron chi connectivity index (χ2n) is 6.39. The van der Waals surface area contributed by atoms with Crippen molar-refractivity contribution in [2.75, 3.05) is 12.9 Å². The number of imidazole rings is 1. The highest BCUT2D eigenvalue weighted by Gasteiger charge is 2.23. The minimum Gasteiger partial charge on any atom is -0.510 e. The lowest BCUT2D eigenvalue weighted by molar-refractivity contribution is -0.133. The number of carbonyl (C=O) groups excluding carboxylic acids is 1. The fourth-order valence-electron chi connectivity index (χ4n) is 2.92. The highest BCUT2D eigenvalue weighted by molar-refractivity contribution is 7.99. The number of methoxy groups -OCH3 is 1. The summed E-state index contributed by atoms with van der Waals surface area (Å²) in [6.07, 6.45) is 0. The van der Waals surface area contributed by atoms with Crippen molar-refractivity contribution in [3.05, 3.63) is 65.7 Å². The summed E-state index contributed by atoms with van der Waals surface area (Å²) in [5.74, 6) is -0.256. The van der Waals surface area contributed by atoms with Crippen molar-refractivity contribution in [2.24, 2.45) is 0 Å². The molecule has 0 amide bonds. The van der Waals surface area contributed by atoms with Crippen molar-refractivity contribution in [1.29, 1.82) is 0 Å². The van der Waals surface area contributed by atoms with Crippen LogP contribution in [0, 0.1) is 6.92 Å². The number of para-hydroxylation sites is 2. The van der Waals surface area contributed by atoms with Gasteiger partial charge in [0.05, 0.1) is 23.9 Å². The first-order chi connectivity index (χ1) is 14.6. The number of ether oxygens (including phenoxy) is 1. The Labute approximate surface area is 176 Å². The molecule has 2 N–H and O–H groups in total. The second-order valence-corrected chi connectivity index (χ2v) is 7.32. The average Bonchev–Trinajstić information content (AvgIpc) is 3.39. The standard InChI is InChI=1S/C21H18N4O4S/c1-12-7-3-4-8-13(12)19-24-25-21(29-19)30-11-16(26)17(20(27)28-2)18-22-14-9-5-6-10-15(14)23-18/h3-10,26H,11H2,1-2H3,(H,22,23)/b17-16+. The molecule has 0 radical (unpaired) electrons. The van der Waals surface area contributed by atoms with Crippen molar-refractivity contribution >= 4 is 34.3 Å². The summed E-state index contributed by atoms with van der Waals surface area (Å²) in [5.41, 5.74) is 3.23. The number of aromatic amines is 1. The number of H-pyrrole nitrogens is 1. The van der Waals surface area contributed by atoms with Gasteiger partial charge in [-0.2, -0.15) is 0 Å². The number of aryl methyl sites for hydroxylation is 1. The quantitative estimate of drug-likeness (QED) is 0.206. The Morgan fingerprint density at radius 3 is 2.70 bits per heavy atom. The number of fused-ring (bicyclic) bond motifs is 1. The van der Waals surface area contributed by atoms with E-state index >= 15 is 0 Å². The number of esters is 1. The normalized spacial score (nSPS) is 12.1. The van der Waals surface area contributed by atoms with Gasteiger partial charge in [-0.3, -0.25) is 0 Å². The van der Waals surface area contributed by atoms with Crippen LogP contribution in [0.2, 0.25) is 0 Å². The first kappa shape index (κ1) is 19.7. The zero-order valence-electron chi connectivity index (χ0n) is 16.2. The third-order valence-electron chi connectivity index (χ3n) is 4.42. The first-order valence-corrected chi connectivity index (χ1v) is 10.0. The van der Waals surface area contributed by atoms with Crippen LogP contribution in [-0.2, 0) is 9.53 Å². The van der Waals surface area contributed by atoms with Gasteiger partial charge < -0.3 is 19.2 Å². The van der Waals surface area contributed by atoms with Crippen LogP contribution in [0.3, 0.4) is 0 Å². The van der Waals surface area contributed by atoms with E-state index in [0.29, 0.717) is 11.4 Å². The topological polar surface area (TPSA) is 114 Å². The van der Waals surface area contributed by atoms with Crippen molar-refractivity contribution in [3.8, 4) is 11.5 Å². The molecule has 0 atom stereocenters. The third-order valence-corrected chi connectivity index (χ3v) is 5.25. The van der Waals surface area contributed by atoms with Gasteiger partial charge in [0.1, 0.15) is 17.2 Å². The van der Waals surface area contributed by atoms with Crippen LogP contribution in [0.5, 0.6) is 0 Å². The lowest BCUT2D eigenvalue weighted by Gasteiger charge is -2.06. The van der Waals surface area contributed by atoms with E-state index < -0.39 is 5.97 Å². The molecule has 4 rings (SSSR count). The third kappa shape index (κ3) is 3.92. The smallest absolute Gasteiger partial charge is 0.345 e. The second kappa shape index (κ2) is 8.42. The zero-order valence-corrected chi connectivity index (χ0v) is 17.1. The van der Waals surface area contributed by atoms with Gasteiger partial charge in [0.15, 0.2) is 0 Å². The monoisotopic (exact) mass is 422 g/mol. The van der Waals surface area contributed by atoms with Crippen LogP contribution in [0.4, 0.5) is 0 Å². The Kier molecular flexibility index (Phi) is 5.53. The predicted octanol–water partition coefficient (Wildman–Crippen LogP) is 4.16. The number of aliphatic hydroxyl groups is 1. The summed E-state index contributed by atoms with van der Waals surface area (Å²) in [5, 5.41) is 19.0. The maximum Gasteiger partial charge on any atom is 0.345 e. The van der Waals surface area contributed by atoms with Crippen LogP contribution in [-0.4, -0.2) is 44.1 Å². The molecule has 152 valence electrons. The number of thioether (sulfide) groups is 1. The van der Waals surface area contributed by atoms with Gasteiger partial charge >= 0.3 is 5.97 Å². The van der Waals surface area contributed by atoms with Gasteiger partial charge in [0.2, 0.25) is 5.89 Å². The summed E-state index contributed by atoms with van der Waals surface area (Å²) in [6, 6.07) is 15.0. The minimum absolute atomic E-state index is 0.0247. The van der Waals surface area contributed by atoms with E-state index in [1.165, 1.54) is 7.11 Å². The van der Waals surface area contributed by atoms with Crippen molar-refractivity contribution in [3.63, 3.8) is 0 Å². The van der Waals surface area contributed by atoms with Crippen molar-refractivity contribution < 1.29 is 19.1 Å². The first-order valence-electron chi connectivity index (χ1n) is 9.04. The Bertz CT molecular complexity index is 1210. The van der Waals surface area contributed by atoms with Gasteiger partial charge in [-0.1, -0.05) is 42.1 Å². The number of carbonyl (C=O) groups is 1. The maximum absolute atomic E-state index is 12.3. The van der Waals surface area contributed by atoms with Gasteiger partial charge in [-0.15, -0.1) is 10.2 Å². The van der Waals surface area contributed by atoms with Crippen molar-refractivity contribution in [2.45, 2.75) is 12.1 Å². The molecule has 0 aliphatic carbocycles. The fraction of sp³-hybridized carbons (Fsp3) is 0.143. The molecule has 0 saturated heterocycles. The lowest BCUT2D eigenvalue weighted by Crippen LogP contribution is -2.09. The molecule has 0 unspecified atom stereocenters. The summed E-state index contributed by atoms with van der Waals surface area (Å²) >= 11 is 1.11. The molecular weight excluding hydrogens is 404 g/mol. The number of hydrogen-bond acceptors (Lipinski definition) is 8. The van der Waals surface area contributed by atoms with Gasteiger partial charge in [0, 0.05) is 5.56 Å². The predicted molar refractivity (Wildman–Crippen MR) is 113 cm³/mol. The molecular formula is C21H18N4O4S. The molecule has 0 aliphatic heterocycles. The molecule has 2 aromatic carbocycles. The number of nitrogens with zero attached hydrogens (tertiary/aromatic N) is 3. The SMILES string of the molecule is COC(=O)/C(=C(/O)CSc1nnc(-c2ccccc2C)o1)c1nc2ccccc2[nH]1. The summed E-state index contributed by atoms with van der Waals surface area (Å²) in [6.45, 7) is 1.96. The Balaban J connectivity index is 1.58. The number of aliphatic hydroxyl groups excluding tert-OH is 1. The molecule has 30 heavy (non-hydrogen) atoms. The van der Waals surface area contributed by atoms with Crippen molar-refractivity contribution in [1.82, 2.24) is 20.2 Å². The molecule has 0 saturated carbocycles. The molecule has 0 aliphatic rings. The number of aromatic nitrogens is 4. The Hall–Kier alpha value is -3.59. The average molecular weight is 422 g/mol. The molecule has 2 aromatic heterocycles. The molecule has 0 fully saturated rings. The molecule has 9 heteroatoms. The number of hydrogen-bond donors (Lipinski definition) is 2. The van der Waals surface area contributed by atoms with E-state index in [0.717, 1.165) is 28.4 Å². The fourth-order valence-corrected chi connectivity index (χ4v) is 3.56. The van der Waals surface area contributed by atoms with E-state index in [-0.39, 0.29) is 28.1 Å². The van der Waals surface area contributed by atoms with Gasteiger partial charge in [-0.25, -0.2) is 9.78 Å². The molecule has 2 heterocycles. The molecule has 8 nitrogen and oxygen atoms in total. The van der Waals surface area contributed by atoms with Crippen LogP contribution >= 0.6 is 11.8 Å². The lowest BCUT2D eigenvalue weighted by atomic mass is 10.1. The van der Waals surface area contributed by atoms with E-state index in [2.05, 4.69) is 20.2 Å². The summed E-state index contributed by atoms with van der Waals surface area (Å²) in [4.78, 5) is 19.7. The van der Waals surface area contributed by atoms with E-state index in [4.69, 9.17) is 9.15 Å². The van der Waals surface area contributed by atoms with Crippen LogP contribution in [0.1, 0.15) is 11.4 Å². The van der Waals surface area contributed by atoms with E-state index in [1.807, 2.05) is 55.5 Å². The molecule has 0 spiro atoms. The van der Waals surface area contributed by atoms with Crippen LogP contribution in [0.25, 0.3) is 28.1 Å². The highest BCUT2D eigenvalue weighted by Crippen LogP contribution is 2.28. The van der Waals surface area contributed by atoms with Gasteiger partial charge in [0.25, 0.3) is 5.22 Å². The molecule has 4 aromatic rings. The zero-order chi connectivity index (χ0) is 21.1. The van der Waals surface area contributed by atoms with Crippen LogP contribution in [0.15, 0.2) is 63.9 Å². The maximum atomic E-state index is 12.3. The summed E-state index contributed by atoms with van der Waals surface area (Å²) in [7, 11) is 1.25. The minimum atomic E-state index is -0.696. The number of benzene rings is 2. The number of rotatable bonds is 6. The Morgan fingerprint density at radius 1 is 1.17 bits per heavy atom. The van der Waals surface area contributed by atoms with Gasteiger partial charge in [-0.05, 0) is 30.7 Å². The largest absolute Gasteiger partial charge is 0.510 e. The summed E-state index contributed by atoms with van der Waals surface area (Å²) < 4.78 is 10.5. The van der Waals surface area contributed by atoms with E-state index in [1.54, 1.807) is 0 Å². The Morgan fingerprint density at radius 2 is 1.93 bits per heavy atom.